The predicted molar refractivity (Wildman–Crippen MR) is 73.1 cm³/mol. The first-order valence-corrected chi connectivity index (χ1v) is 6.93. The smallest absolute Gasteiger partial charge is 0.128 e. The van der Waals surface area contributed by atoms with E-state index in [1.54, 1.807) is 14.0 Å². The van der Waals surface area contributed by atoms with Gasteiger partial charge in [-0.2, -0.15) is 0 Å². The number of nitrogens with zero attached hydrogens (tertiary/aromatic N) is 2. The first kappa shape index (κ1) is 12.9. The topological polar surface area (TPSA) is 27.1 Å². The lowest BCUT2D eigenvalue weighted by Gasteiger charge is -2.36. The molecule has 0 unspecified atom stereocenters. The lowest BCUT2D eigenvalue weighted by atomic mass is 9.88. The minimum Gasteiger partial charge on any atom is -0.381 e. The maximum absolute atomic E-state index is 13.6. The highest BCUT2D eigenvalue weighted by molar-refractivity contribution is 6.16. The van der Waals surface area contributed by atoms with E-state index in [1.165, 1.54) is 6.07 Å². The summed E-state index contributed by atoms with van der Waals surface area (Å²) in [5.41, 5.74) is 2.28. The van der Waals surface area contributed by atoms with Crippen LogP contribution in [0.2, 0.25) is 0 Å². The van der Waals surface area contributed by atoms with Gasteiger partial charge in [-0.1, -0.05) is 0 Å². The molecule has 0 atom stereocenters. The summed E-state index contributed by atoms with van der Waals surface area (Å²) < 4.78 is 21.1. The van der Waals surface area contributed by atoms with Gasteiger partial charge in [0.1, 0.15) is 11.6 Å². The number of aryl methyl sites for hydroxylation is 1. The van der Waals surface area contributed by atoms with Gasteiger partial charge in [0.05, 0.1) is 23.0 Å². The van der Waals surface area contributed by atoms with E-state index in [-0.39, 0.29) is 5.82 Å². The predicted octanol–water partition coefficient (Wildman–Crippen LogP) is 3.57. The van der Waals surface area contributed by atoms with Crippen LogP contribution in [0.5, 0.6) is 0 Å². The van der Waals surface area contributed by atoms with Crippen molar-refractivity contribution in [3.05, 3.63) is 29.3 Å². The number of rotatable bonds is 3. The van der Waals surface area contributed by atoms with Crippen molar-refractivity contribution in [1.82, 2.24) is 9.55 Å². The SMILES string of the molecule is COC1CC(n2c(CCl)nc3cc(F)c(C)cc32)C1. The summed E-state index contributed by atoms with van der Waals surface area (Å²) in [5.74, 6) is 0.923. The van der Waals surface area contributed by atoms with E-state index in [0.717, 1.165) is 24.2 Å². The summed E-state index contributed by atoms with van der Waals surface area (Å²) in [6.07, 6.45) is 2.23. The molecule has 1 saturated carbocycles. The zero-order valence-electron chi connectivity index (χ0n) is 11.0. The van der Waals surface area contributed by atoms with Crippen molar-refractivity contribution < 1.29 is 9.13 Å². The molecule has 1 fully saturated rings. The molecule has 0 saturated heterocycles. The van der Waals surface area contributed by atoms with Gasteiger partial charge in [0.15, 0.2) is 0 Å². The number of alkyl halides is 1. The van der Waals surface area contributed by atoms with Crippen LogP contribution >= 0.6 is 11.6 Å². The molecule has 5 heteroatoms. The maximum Gasteiger partial charge on any atom is 0.128 e. The number of hydrogen-bond donors (Lipinski definition) is 0. The Morgan fingerprint density at radius 1 is 1.47 bits per heavy atom. The highest BCUT2D eigenvalue weighted by Crippen LogP contribution is 2.38. The zero-order valence-corrected chi connectivity index (χ0v) is 11.7. The Morgan fingerprint density at radius 2 is 2.21 bits per heavy atom. The van der Waals surface area contributed by atoms with Gasteiger partial charge in [-0.05, 0) is 31.4 Å². The zero-order chi connectivity index (χ0) is 13.6. The minimum atomic E-state index is -0.221. The Morgan fingerprint density at radius 3 is 2.84 bits per heavy atom. The molecular formula is C14H16ClFN2O. The lowest BCUT2D eigenvalue weighted by molar-refractivity contribution is 0.00675. The normalized spacial score (nSPS) is 22.7. The number of fused-ring (bicyclic) bond motifs is 1. The van der Waals surface area contributed by atoms with Crippen LogP contribution in [-0.4, -0.2) is 22.8 Å². The largest absolute Gasteiger partial charge is 0.381 e. The van der Waals surface area contributed by atoms with E-state index >= 15 is 0 Å². The number of methoxy groups -OCH3 is 1. The first-order valence-electron chi connectivity index (χ1n) is 6.39. The number of imidazole rings is 1. The van der Waals surface area contributed by atoms with Gasteiger partial charge in [0.25, 0.3) is 0 Å². The molecule has 102 valence electrons. The van der Waals surface area contributed by atoms with Crippen LogP contribution in [0.15, 0.2) is 12.1 Å². The average molecular weight is 283 g/mol. The second-order valence-electron chi connectivity index (χ2n) is 5.10. The van der Waals surface area contributed by atoms with E-state index in [9.17, 15) is 4.39 Å². The van der Waals surface area contributed by atoms with Crippen LogP contribution in [0.4, 0.5) is 4.39 Å². The van der Waals surface area contributed by atoms with Crippen LogP contribution < -0.4 is 0 Å². The fourth-order valence-electron chi connectivity index (χ4n) is 2.71. The number of aromatic nitrogens is 2. The van der Waals surface area contributed by atoms with Crippen molar-refractivity contribution in [2.24, 2.45) is 0 Å². The Balaban J connectivity index is 2.08. The quantitative estimate of drug-likeness (QED) is 0.805. The van der Waals surface area contributed by atoms with Crippen LogP contribution in [0, 0.1) is 12.7 Å². The summed E-state index contributed by atoms with van der Waals surface area (Å²) in [6.45, 7) is 1.77. The summed E-state index contributed by atoms with van der Waals surface area (Å²) in [5, 5.41) is 0. The standard InChI is InChI=1S/C14H16ClFN2O/c1-8-3-13-12(6-11(8)16)17-14(7-15)18(13)9-4-10(5-9)19-2/h3,6,9-10H,4-5,7H2,1-2H3. The Labute approximate surface area is 116 Å². The molecule has 1 aromatic carbocycles. The molecule has 0 bridgehead atoms. The molecule has 0 spiro atoms. The molecule has 3 rings (SSSR count). The molecule has 0 radical (unpaired) electrons. The van der Waals surface area contributed by atoms with Crippen LogP contribution in [0.3, 0.4) is 0 Å². The summed E-state index contributed by atoms with van der Waals surface area (Å²) in [7, 11) is 1.73. The van der Waals surface area contributed by atoms with Gasteiger partial charge in [-0.15, -0.1) is 11.6 Å². The van der Waals surface area contributed by atoms with E-state index in [1.807, 2.05) is 6.07 Å². The fourth-order valence-corrected chi connectivity index (χ4v) is 2.90. The molecule has 19 heavy (non-hydrogen) atoms. The van der Waals surface area contributed by atoms with Crippen molar-refractivity contribution in [2.45, 2.75) is 37.8 Å². The minimum absolute atomic E-state index is 0.221. The van der Waals surface area contributed by atoms with Crippen molar-refractivity contribution in [3.8, 4) is 0 Å². The highest BCUT2D eigenvalue weighted by atomic mass is 35.5. The molecule has 0 aliphatic heterocycles. The molecule has 2 aromatic rings. The average Bonchev–Trinajstić information content (AvgIpc) is 2.67. The molecule has 0 N–H and O–H groups in total. The maximum atomic E-state index is 13.6. The second kappa shape index (κ2) is 4.76. The van der Waals surface area contributed by atoms with Crippen LogP contribution in [-0.2, 0) is 10.6 Å². The van der Waals surface area contributed by atoms with Crippen molar-refractivity contribution in [1.29, 1.82) is 0 Å². The summed E-state index contributed by atoms with van der Waals surface area (Å²) in [6, 6.07) is 3.70. The van der Waals surface area contributed by atoms with Crippen molar-refractivity contribution in [3.63, 3.8) is 0 Å². The van der Waals surface area contributed by atoms with E-state index in [4.69, 9.17) is 16.3 Å². The number of halogens is 2. The number of benzene rings is 1. The van der Waals surface area contributed by atoms with Gasteiger partial charge in [-0.25, -0.2) is 9.37 Å². The van der Waals surface area contributed by atoms with Crippen LogP contribution in [0.1, 0.15) is 30.3 Å². The number of ether oxygens (including phenoxy) is 1. The molecule has 1 aliphatic rings. The Kier molecular flexibility index (Phi) is 3.23. The molecule has 0 amide bonds. The summed E-state index contributed by atoms with van der Waals surface area (Å²) in [4.78, 5) is 4.44. The number of hydrogen-bond acceptors (Lipinski definition) is 2. The van der Waals surface area contributed by atoms with Gasteiger partial charge in [0, 0.05) is 19.2 Å². The monoisotopic (exact) mass is 282 g/mol. The third-order valence-electron chi connectivity index (χ3n) is 3.93. The Bertz CT molecular complexity index is 619. The van der Waals surface area contributed by atoms with Crippen molar-refractivity contribution in [2.75, 3.05) is 7.11 Å². The lowest BCUT2D eigenvalue weighted by Crippen LogP contribution is -2.33. The van der Waals surface area contributed by atoms with Crippen molar-refractivity contribution >= 4 is 22.6 Å². The van der Waals surface area contributed by atoms with Gasteiger partial charge >= 0.3 is 0 Å². The molecule has 1 aromatic heterocycles. The van der Waals surface area contributed by atoms with Crippen LogP contribution in [0.25, 0.3) is 11.0 Å². The third-order valence-corrected chi connectivity index (χ3v) is 4.17. The molecule has 1 aliphatic carbocycles. The first-order chi connectivity index (χ1) is 9.13. The third kappa shape index (κ3) is 2.03. The highest BCUT2D eigenvalue weighted by Gasteiger charge is 2.33. The molecule has 1 heterocycles. The van der Waals surface area contributed by atoms with E-state index in [2.05, 4.69) is 9.55 Å². The molecular weight excluding hydrogens is 267 g/mol. The van der Waals surface area contributed by atoms with E-state index in [0.29, 0.717) is 29.1 Å². The van der Waals surface area contributed by atoms with E-state index < -0.39 is 0 Å². The second-order valence-corrected chi connectivity index (χ2v) is 5.37. The van der Waals surface area contributed by atoms with Gasteiger partial charge in [0.2, 0.25) is 0 Å². The fraction of sp³-hybridized carbons (Fsp3) is 0.500. The summed E-state index contributed by atoms with van der Waals surface area (Å²) >= 11 is 5.97. The van der Waals surface area contributed by atoms with Gasteiger partial charge < -0.3 is 9.30 Å². The Hall–Kier alpha value is -1.13. The van der Waals surface area contributed by atoms with Gasteiger partial charge in [-0.3, -0.25) is 0 Å². The molecule has 3 nitrogen and oxygen atoms in total.